The van der Waals surface area contributed by atoms with E-state index in [9.17, 15) is 9.59 Å². The van der Waals surface area contributed by atoms with Gasteiger partial charge in [-0.05, 0) is 18.9 Å². The van der Waals surface area contributed by atoms with Gasteiger partial charge in [0.05, 0.1) is 5.69 Å². The zero-order chi connectivity index (χ0) is 15.4. The van der Waals surface area contributed by atoms with Crippen LogP contribution < -0.4 is 10.2 Å². The summed E-state index contributed by atoms with van der Waals surface area (Å²) in [5.41, 5.74) is 2.99. The van der Waals surface area contributed by atoms with Gasteiger partial charge >= 0.3 is 0 Å². The molecule has 1 aliphatic heterocycles. The molecular weight excluding hydrogens is 264 g/mol. The van der Waals surface area contributed by atoms with E-state index in [1.54, 1.807) is 0 Å². The fraction of sp³-hybridized carbons (Fsp3) is 0.529. The fourth-order valence-electron chi connectivity index (χ4n) is 2.94. The van der Waals surface area contributed by atoms with Crippen LogP contribution in [-0.2, 0) is 9.59 Å². The Labute approximate surface area is 126 Å². The molecule has 1 aliphatic rings. The topological polar surface area (TPSA) is 49.4 Å². The Hall–Kier alpha value is -1.84. The first kappa shape index (κ1) is 15.5. The molecular formula is C17H24N2O2. The van der Waals surface area contributed by atoms with Gasteiger partial charge in [0, 0.05) is 19.0 Å². The largest absolute Gasteiger partial charge is 0.341 e. The highest BCUT2D eigenvalue weighted by Crippen LogP contribution is 2.38. The molecule has 114 valence electrons. The average molecular weight is 288 g/mol. The summed E-state index contributed by atoms with van der Waals surface area (Å²) in [6, 6.07) is 5.37. The van der Waals surface area contributed by atoms with Crippen LogP contribution in [0, 0.1) is 6.92 Å². The molecule has 1 aromatic carbocycles. The minimum atomic E-state index is -0.524. The average Bonchev–Trinajstić information content (AvgIpc) is 2.70. The van der Waals surface area contributed by atoms with Crippen LogP contribution in [0.2, 0.25) is 0 Å². The molecule has 0 saturated heterocycles. The van der Waals surface area contributed by atoms with E-state index in [0.717, 1.165) is 36.2 Å². The third kappa shape index (κ3) is 3.26. The van der Waals surface area contributed by atoms with Gasteiger partial charge in [0.2, 0.25) is 5.91 Å². The molecule has 2 amide bonds. The van der Waals surface area contributed by atoms with Gasteiger partial charge in [-0.15, -0.1) is 0 Å². The zero-order valence-electron chi connectivity index (χ0n) is 13.1. The van der Waals surface area contributed by atoms with Crippen LogP contribution in [0.5, 0.6) is 0 Å². The number of aryl methyl sites for hydroxylation is 1. The van der Waals surface area contributed by atoms with Gasteiger partial charge in [-0.2, -0.15) is 0 Å². The highest BCUT2D eigenvalue weighted by atomic mass is 16.2. The minimum absolute atomic E-state index is 0.00833. The maximum Gasteiger partial charge on any atom is 0.254 e. The highest BCUT2D eigenvalue weighted by Gasteiger charge is 2.38. The Kier molecular flexibility index (Phi) is 4.99. The van der Waals surface area contributed by atoms with Crippen molar-refractivity contribution >= 4 is 17.5 Å². The monoisotopic (exact) mass is 288 g/mol. The number of amides is 2. The van der Waals surface area contributed by atoms with Crippen molar-refractivity contribution in [3.8, 4) is 0 Å². The van der Waals surface area contributed by atoms with Crippen molar-refractivity contribution in [3.05, 3.63) is 29.3 Å². The number of carbonyl (C=O) groups excluding carboxylic acids is 2. The van der Waals surface area contributed by atoms with Crippen LogP contribution in [0.1, 0.15) is 56.7 Å². The van der Waals surface area contributed by atoms with Crippen molar-refractivity contribution in [1.82, 2.24) is 5.32 Å². The lowest BCUT2D eigenvalue weighted by Crippen LogP contribution is -2.37. The maximum atomic E-state index is 12.6. The molecule has 0 aliphatic carbocycles. The quantitative estimate of drug-likeness (QED) is 0.818. The summed E-state index contributed by atoms with van der Waals surface area (Å²) in [7, 11) is 0. The first-order valence-corrected chi connectivity index (χ1v) is 7.74. The second-order valence-corrected chi connectivity index (χ2v) is 5.70. The van der Waals surface area contributed by atoms with Crippen molar-refractivity contribution in [2.75, 3.05) is 11.4 Å². The zero-order valence-corrected chi connectivity index (χ0v) is 13.1. The molecule has 0 unspecified atom stereocenters. The summed E-state index contributed by atoms with van der Waals surface area (Å²) in [6.45, 7) is 6.37. The molecule has 4 heteroatoms. The summed E-state index contributed by atoms with van der Waals surface area (Å²) in [5, 5.41) is 2.78. The normalized spacial score (nSPS) is 17.0. The maximum absolute atomic E-state index is 12.6. The Morgan fingerprint density at radius 1 is 1.29 bits per heavy atom. The van der Waals surface area contributed by atoms with Gasteiger partial charge < -0.3 is 10.2 Å². The predicted octanol–water partition coefficient (Wildman–Crippen LogP) is 3.10. The van der Waals surface area contributed by atoms with Gasteiger partial charge in [-0.25, -0.2) is 0 Å². The molecule has 0 fully saturated rings. The van der Waals surface area contributed by atoms with Gasteiger partial charge in [0.15, 0.2) is 0 Å². The lowest BCUT2D eigenvalue weighted by molar-refractivity contribution is -0.126. The highest BCUT2D eigenvalue weighted by molar-refractivity contribution is 6.06. The van der Waals surface area contributed by atoms with E-state index in [2.05, 4.69) is 12.2 Å². The number of carbonyl (C=O) groups is 2. The van der Waals surface area contributed by atoms with Crippen LogP contribution in [0.25, 0.3) is 0 Å². The van der Waals surface area contributed by atoms with Gasteiger partial charge in [0.1, 0.15) is 6.04 Å². The standard InChI is InChI=1S/C17H24N2O2/c1-4-5-6-7-11-19-16-12(2)9-8-10-14(16)15(17(19)21)18-13(3)20/h8-10,15H,4-7,11H2,1-3H3,(H,18,20)/t15-/m1/s1. The summed E-state index contributed by atoms with van der Waals surface area (Å²) >= 11 is 0. The van der Waals surface area contributed by atoms with E-state index in [4.69, 9.17) is 0 Å². The van der Waals surface area contributed by atoms with E-state index in [1.807, 2.05) is 30.0 Å². The summed E-state index contributed by atoms with van der Waals surface area (Å²) in [6.07, 6.45) is 4.50. The van der Waals surface area contributed by atoms with Crippen LogP contribution >= 0.6 is 0 Å². The molecule has 0 saturated carbocycles. The third-order valence-electron chi connectivity index (χ3n) is 3.95. The second kappa shape index (κ2) is 6.74. The summed E-state index contributed by atoms with van der Waals surface area (Å²) in [5.74, 6) is -0.181. The molecule has 0 radical (unpaired) electrons. The smallest absolute Gasteiger partial charge is 0.254 e. The van der Waals surface area contributed by atoms with Gasteiger partial charge in [0.25, 0.3) is 5.91 Å². The molecule has 4 nitrogen and oxygen atoms in total. The predicted molar refractivity (Wildman–Crippen MR) is 84.2 cm³/mol. The second-order valence-electron chi connectivity index (χ2n) is 5.70. The number of para-hydroxylation sites is 1. The Balaban J connectivity index is 2.22. The summed E-state index contributed by atoms with van der Waals surface area (Å²) < 4.78 is 0. The lowest BCUT2D eigenvalue weighted by Gasteiger charge is -2.19. The molecule has 1 aromatic rings. The number of rotatable bonds is 6. The fourth-order valence-corrected chi connectivity index (χ4v) is 2.94. The Bertz CT molecular complexity index is 540. The molecule has 1 N–H and O–H groups in total. The van der Waals surface area contributed by atoms with Crippen molar-refractivity contribution in [2.24, 2.45) is 0 Å². The van der Waals surface area contributed by atoms with Crippen LogP contribution in [0.15, 0.2) is 18.2 Å². The van der Waals surface area contributed by atoms with Gasteiger partial charge in [-0.3, -0.25) is 9.59 Å². The van der Waals surface area contributed by atoms with E-state index < -0.39 is 6.04 Å². The van der Waals surface area contributed by atoms with E-state index >= 15 is 0 Å². The Morgan fingerprint density at radius 3 is 2.71 bits per heavy atom. The summed E-state index contributed by atoms with van der Waals surface area (Å²) in [4.78, 5) is 25.8. The molecule has 0 bridgehead atoms. The van der Waals surface area contributed by atoms with Crippen LogP contribution in [-0.4, -0.2) is 18.4 Å². The molecule has 1 heterocycles. The number of hydrogen-bond acceptors (Lipinski definition) is 2. The number of nitrogens with one attached hydrogen (secondary N) is 1. The number of benzene rings is 1. The lowest BCUT2D eigenvalue weighted by atomic mass is 10.1. The number of hydrogen-bond donors (Lipinski definition) is 1. The number of unbranched alkanes of at least 4 members (excludes halogenated alkanes) is 3. The van der Waals surface area contributed by atoms with E-state index in [0.29, 0.717) is 0 Å². The van der Waals surface area contributed by atoms with Crippen molar-refractivity contribution in [3.63, 3.8) is 0 Å². The number of fused-ring (bicyclic) bond motifs is 1. The molecule has 0 aromatic heterocycles. The molecule has 21 heavy (non-hydrogen) atoms. The first-order valence-electron chi connectivity index (χ1n) is 7.74. The minimum Gasteiger partial charge on any atom is -0.341 e. The van der Waals surface area contributed by atoms with E-state index in [1.165, 1.54) is 19.8 Å². The Morgan fingerprint density at radius 2 is 2.05 bits per heavy atom. The molecule has 1 atom stereocenters. The van der Waals surface area contributed by atoms with Crippen molar-refractivity contribution in [2.45, 2.75) is 52.5 Å². The molecule has 0 spiro atoms. The van der Waals surface area contributed by atoms with Crippen molar-refractivity contribution < 1.29 is 9.59 Å². The third-order valence-corrected chi connectivity index (χ3v) is 3.95. The van der Waals surface area contributed by atoms with Crippen LogP contribution in [0.4, 0.5) is 5.69 Å². The van der Waals surface area contributed by atoms with Crippen molar-refractivity contribution in [1.29, 1.82) is 0 Å². The number of nitrogens with zero attached hydrogens (tertiary/aromatic N) is 1. The van der Waals surface area contributed by atoms with E-state index in [-0.39, 0.29) is 11.8 Å². The first-order chi connectivity index (χ1) is 10.1. The SMILES string of the molecule is CCCCCCN1C(=O)[C@H](NC(C)=O)c2cccc(C)c21. The van der Waals surface area contributed by atoms with Gasteiger partial charge in [-0.1, -0.05) is 44.4 Å². The molecule has 2 rings (SSSR count). The number of anilines is 1. The van der Waals surface area contributed by atoms with Crippen LogP contribution in [0.3, 0.4) is 0 Å².